The van der Waals surface area contributed by atoms with Crippen LogP contribution in [0, 0.1) is 11.8 Å². The van der Waals surface area contributed by atoms with Gasteiger partial charge in [-0.05, 0) is 68.3 Å². The molecule has 1 aromatic carbocycles. The van der Waals surface area contributed by atoms with E-state index < -0.39 is 10.0 Å². The van der Waals surface area contributed by atoms with Crippen LogP contribution in [0.1, 0.15) is 32.6 Å². The minimum atomic E-state index is -3.35. The normalized spacial score (nSPS) is 25.0. The maximum absolute atomic E-state index is 12.7. The molecule has 0 saturated carbocycles. The molecule has 0 amide bonds. The summed E-state index contributed by atoms with van der Waals surface area (Å²) >= 11 is 3.35. The van der Waals surface area contributed by atoms with Crippen LogP contribution in [-0.2, 0) is 10.0 Å². The van der Waals surface area contributed by atoms with Gasteiger partial charge in [0.2, 0.25) is 10.0 Å². The molecule has 0 bridgehead atoms. The van der Waals surface area contributed by atoms with Gasteiger partial charge in [0.05, 0.1) is 4.90 Å². The second kappa shape index (κ2) is 7.85. The molecule has 0 N–H and O–H groups in total. The number of piperidine rings is 2. The molecule has 134 valence electrons. The molecule has 0 unspecified atom stereocenters. The lowest BCUT2D eigenvalue weighted by Crippen LogP contribution is -2.43. The first kappa shape index (κ1) is 18.4. The third-order valence-corrected chi connectivity index (χ3v) is 7.72. The predicted octanol–water partition coefficient (Wildman–Crippen LogP) is 3.58. The highest BCUT2D eigenvalue weighted by Crippen LogP contribution is 2.26. The summed E-state index contributed by atoms with van der Waals surface area (Å²) in [6.07, 6.45) is 4.60. The Morgan fingerprint density at radius 2 is 1.75 bits per heavy atom. The second-order valence-electron chi connectivity index (χ2n) is 7.31. The molecule has 2 fully saturated rings. The molecule has 0 aliphatic carbocycles. The van der Waals surface area contributed by atoms with Crippen molar-refractivity contribution in [3.05, 3.63) is 28.7 Å². The summed E-state index contributed by atoms with van der Waals surface area (Å²) in [4.78, 5) is 2.98. The minimum absolute atomic E-state index is 0.397. The van der Waals surface area contributed by atoms with Crippen molar-refractivity contribution in [2.75, 3.05) is 32.7 Å². The average molecular weight is 415 g/mol. The molecule has 1 atom stereocenters. The van der Waals surface area contributed by atoms with Gasteiger partial charge in [-0.15, -0.1) is 0 Å². The van der Waals surface area contributed by atoms with Crippen molar-refractivity contribution in [1.29, 1.82) is 0 Å². The van der Waals surface area contributed by atoms with E-state index in [-0.39, 0.29) is 0 Å². The van der Waals surface area contributed by atoms with E-state index in [1.54, 1.807) is 28.6 Å². The number of hydrogen-bond donors (Lipinski definition) is 0. The summed E-state index contributed by atoms with van der Waals surface area (Å²) < 4.78 is 28.0. The monoisotopic (exact) mass is 414 g/mol. The van der Waals surface area contributed by atoms with Crippen LogP contribution in [0.15, 0.2) is 33.6 Å². The third kappa shape index (κ3) is 4.40. The van der Waals surface area contributed by atoms with Gasteiger partial charge >= 0.3 is 0 Å². The highest BCUT2D eigenvalue weighted by atomic mass is 79.9. The lowest BCUT2D eigenvalue weighted by atomic mass is 9.94. The lowest BCUT2D eigenvalue weighted by molar-refractivity contribution is 0.136. The van der Waals surface area contributed by atoms with E-state index in [0.717, 1.165) is 29.8 Å². The number of likely N-dealkylation sites (tertiary alicyclic amines) is 1. The molecular formula is C18H27BrN2O2S. The topological polar surface area (TPSA) is 40.6 Å². The Balaban J connectivity index is 1.55. The Hall–Kier alpha value is -0.430. The van der Waals surface area contributed by atoms with E-state index in [0.29, 0.717) is 23.9 Å². The first-order valence-corrected chi connectivity index (χ1v) is 11.2. The molecule has 0 spiro atoms. The molecule has 2 aliphatic heterocycles. The number of benzene rings is 1. The fraction of sp³-hybridized carbons (Fsp3) is 0.667. The van der Waals surface area contributed by atoms with Gasteiger partial charge in [0.1, 0.15) is 0 Å². The Labute approximate surface area is 154 Å². The van der Waals surface area contributed by atoms with Crippen molar-refractivity contribution in [2.45, 2.75) is 37.5 Å². The fourth-order valence-electron chi connectivity index (χ4n) is 3.91. The Morgan fingerprint density at radius 3 is 2.38 bits per heavy atom. The Kier molecular flexibility index (Phi) is 6.01. The maximum Gasteiger partial charge on any atom is 0.243 e. The standard InChI is InChI=1S/C18H27BrN2O2S/c1-15-3-2-10-20(13-15)14-16-8-11-21(12-9-16)24(22,23)18-6-4-17(19)5-7-18/h4-7,15-16H,2-3,8-14H2,1H3/t15-/m1/s1. The molecule has 0 aromatic heterocycles. The largest absolute Gasteiger partial charge is 0.303 e. The number of sulfonamides is 1. The fourth-order valence-corrected chi connectivity index (χ4v) is 5.64. The number of hydrogen-bond acceptors (Lipinski definition) is 3. The van der Waals surface area contributed by atoms with Crippen LogP contribution in [0.5, 0.6) is 0 Å². The summed E-state index contributed by atoms with van der Waals surface area (Å²) in [5.41, 5.74) is 0. The second-order valence-corrected chi connectivity index (χ2v) is 10.2. The summed E-state index contributed by atoms with van der Waals surface area (Å²) in [6.45, 7) is 7.17. The lowest BCUT2D eigenvalue weighted by Gasteiger charge is -2.37. The van der Waals surface area contributed by atoms with Gasteiger partial charge in [0.25, 0.3) is 0 Å². The van der Waals surface area contributed by atoms with Crippen LogP contribution in [0.2, 0.25) is 0 Å². The summed E-state index contributed by atoms with van der Waals surface area (Å²) in [6, 6.07) is 6.94. The van der Waals surface area contributed by atoms with Crippen molar-refractivity contribution in [3.8, 4) is 0 Å². The van der Waals surface area contributed by atoms with Crippen LogP contribution in [0.25, 0.3) is 0 Å². The molecule has 24 heavy (non-hydrogen) atoms. The number of nitrogens with zero attached hydrogens (tertiary/aromatic N) is 2. The van der Waals surface area contributed by atoms with Gasteiger partial charge in [-0.3, -0.25) is 0 Å². The zero-order valence-corrected chi connectivity index (χ0v) is 16.7. The molecule has 4 nitrogen and oxygen atoms in total. The van der Waals surface area contributed by atoms with Crippen molar-refractivity contribution in [2.24, 2.45) is 11.8 Å². The van der Waals surface area contributed by atoms with Gasteiger partial charge in [0, 0.05) is 30.7 Å². The van der Waals surface area contributed by atoms with E-state index in [1.165, 1.54) is 25.9 Å². The van der Waals surface area contributed by atoms with Crippen LogP contribution < -0.4 is 0 Å². The van der Waals surface area contributed by atoms with E-state index in [4.69, 9.17) is 0 Å². The smallest absolute Gasteiger partial charge is 0.243 e. The first-order valence-electron chi connectivity index (χ1n) is 8.93. The minimum Gasteiger partial charge on any atom is -0.303 e. The van der Waals surface area contributed by atoms with E-state index in [1.807, 2.05) is 0 Å². The summed E-state index contributed by atoms with van der Waals surface area (Å²) in [7, 11) is -3.35. The van der Waals surface area contributed by atoms with E-state index >= 15 is 0 Å². The molecule has 2 saturated heterocycles. The zero-order valence-electron chi connectivity index (χ0n) is 14.3. The predicted molar refractivity (Wildman–Crippen MR) is 100 cm³/mol. The van der Waals surface area contributed by atoms with Crippen molar-refractivity contribution < 1.29 is 8.42 Å². The molecular weight excluding hydrogens is 388 g/mol. The van der Waals surface area contributed by atoms with E-state index in [2.05, 4.69) is 27.8 Å². The van der Waals surface area contributed by atoms with Gasteiger partial charge in [0.15, 0.2) is 0 Å². The Bertz CT molecular complexity index is 639. The highest BCUT2D eigenvalue weighted by molar-refractivity contribution is 9.10. The highest BCUT2D eigenvalue weighted by Gasteiger charge is 2.30. The van der Waals surface area contributed by atoms with Gasteiger partial charge in [-0.1, -0.05) is 22.9 Å². The van der Waals surface area contributed by atoms with Crippen molar-refractivity contribution in [1.82, 2.24) is 9.21 Å². The molecule has 1 aromatic rings. The average Bonchev–Trinajstić information content (AvgIpc) is 2.56. The van der Waals surface area contributed by atoms with Crippen molar-refractivity contribution >= 4 is 26.0 Å². The number of halogens is 1. The first-order chi connectivity index (χ1) is 11.4. The quantitative estimate of drug-likeness (QED) is 0.755. The van der Waals surface area contributed by atoms with Crippen LogP contribution >= 0.6 is 15.9 Å². The van der Waals surface area contributed by atoms with Gasteiger partial charge in [-0.2, -0.15) is 4.31 Å². The van der Waals surface area contributed by atoms with Crippen LogP contribution in [0.4, 0.5) is 0 Å². The Morgan fingerprint density at radius 1 is 1.08 bits per heavy atom. The molecule has 2 heterocycles. The number of rotatable bonds is 4. The summed E-state index contributed by atoms with van der Waals surface area (Å²) in [5.74, 6) is 1.43. The zero-order chi connectivity index (χ0) is 17.2. The molecule has 6 heteroatoms. The molecule has 3 rings (SSSR count). The van der Waals surface area contributed by atoms with Crippen molar-refractivity contribution in [3.63, 3.8) is 0 Å². The maximum atomic E-state index is 12.7. The molecule has 0 radical (unpaired) electrons. The summed E-state index contributed by atoms with van der Waals surface area (Å²) in [5, 5.41) is 0. The van der Waals surface area contributed by atoms with Crippen LogP contribution in [-0.4, -0.2) is 50.3 Å². The van der Waals surface area contributed by atoms with Crippen LogP contribution in [0.3, 0.4) is 0 Å². The molecule has 2 aliphatic rings. The third-order valence-electron chi connectivity index (χ3n) is 5.28. The van der Waals surface area contributed by atoms with E-state index in [9.17, 15) is 8.42 Å². The van der Waals surface area contributed by atoms with Gasteiger partial charge < -0.3 is 4.90 Å². The van der Waals surface area contributed by atoms with Gasteiger partial charge in [-0.25, -0.2) is 8.42 Å². The SMILES string of the molecule is C[C@@H]1CCCN(CC2CCN(S(=O)(=O)c3ccc(Br)cc3)CC2)C1.